The fourth-order valence-corrected chi connectivity index (χ4v) is 1.79. The molecule has 1 aromatic carbocycles. The molecule has 0 saturated heterocycles. The van der Waals surface area contributed by atoms with Gasteiger partial charge in [-0.25, -0.2) is 4.98 Å². The Balaban J connectivity index is 2.00. The molecule has 0 spiro atoms. The van der Waals surface area contributed by atoms with Gasteiger partial charge in [-0.15, -0.1) is 0 Å². The van der Waals surface area contributed by atoms with Crippen molar-refractivity contribution in [1.82, 2.24) is 4.98 Å². The van der Waals surface area contributed by atoms with Crippen molar-refractivity contribution < 1.29 is 4.74 Å². The van der Waals surface area contributed by atoms with Crippen LogP contribution in [0.1, 0.15) is 18.9 Å². The van der Waals surface area contributed by atoms with Crippen LogP contribution in [0.3, 0.4) is 0 Å². The maximum Gasteiger partial charge on any atom is 0.219 e. The van der Waals surface area contributed by atoms with Crippen LogP contribution in [0.25, 0.3) is 0 Å². The molecule has 2 N–H and O–H groups in total. The minimum atomic E-state index is 0.185. The van der Waals surface area contributed by atoms with Crippen molar-refractivity contribution in [3.8, 4) is 11.6 Å². The van der Waals surface area contributed by atoms with Gasteiger partial charge in [0.25, 0.3) is 0 Å². The number of pyridine rings is 1. The van der Waals surface area contributed by atoms with Gasteiger partial charge < -0.3 is 10.5 Å². The number of aromatic nitrogens is 1. The van der Waals surface area contributed by atoms with Crippen LogP contribution >= 0.6 is 11.6 Å². The fourth-order valence-electron chi connectivity index (χ4n) is 1.66. The summed E-state index contributed by atoms with van der Waals surface area (Å²) in [7, 11) is 0. The lowest BCUT2D eigenvalue weighted by Crippen LogP contribution is -2.21. The molecule has 0 aliphatic rings. The van der Waals surface area contributed by atoms with E-state index in [1.54, 1.807) is 18.3 Å². The SMILES string of the molecule is CCC(N)Cc1ccc(Oc2ccc(Cl)cc2)nc1. The molecule has 0 saturated carbocycles. The molecule has 0 bridgehead atoms. The van der Waals surface area contributed by atoms with Crippen LogP contribution in [0.15, 0.2) is 42.6 Å². The number of benzene rings is 1. The second kappa shape index (κ2) is 6.55. The zero-order valence-corrected chi connectivity index (χ0v) is 11.6. The maximum absolute atomic E-state index is 5.91. The highest BCUT2D eigenvalue weighted by Gasteiger charge is 2.03. The minimum Gasteiger partial charge on any atom is -0.439 e. The highest BCUT2D eigenvalue weighted by Crippen LogP contribution is 2.21. The van der Waals surface area contributed by atoms with Gasteiger partial charge in [-0.3, -0.25) is 0 Å². The number of rotatable bonds is 5. The lowest BCUT2D eigenvalue weighted by molar-refractivity contribution is 0.462. The monoisotopic (exact) mass is 276 g/mol. The van der Waals surface area contributed by atoms with Gasteiger partial charge >= 0.3 is 0 Å². The van der Waals surface area contributed by atoms with Crippen LogP contribution in [0, 0.1) is 0 Å². The van der Waals surface area contributed by atoms with Gasteiger partial charge in [0.2, 0.25) is 5.88 Å². The average molecular weight is 277 g/mol. The van der Waals surface area contributed by atoms with Crippen LogP contribution in [-0.2, 0) is 6.42 Å². The van der Waals surface area contributed by atoms with Crippen molar-refractivity contribution in [2.45, 2.75) is 25.8 Å². The summed E-state index contributed by atoms with van der Waals surface area (Å²) in [5.74, 6) is 1.28. The van der Waals surface area contributed by atoms with Gasteiger partial charge in [0.05, 0.1) is 0 Å². The Hall–Kier alpha value is -1.58. The Kier molecular flexibility index (Phi) is 4.77. The molecule has 1 atom stereocenters. The molecule has 100 valence electrons. The zero-order valence-electron chi connectivity index (χ0n) is 10.8. The highest BCUT2D eigenvalue weighted by atomic mass is 35.5. The first-order valence-corrected chi connectivity index (χ1v) is 6.69. The summed E-state index contributed by atoms with van der Waals surface area (Å²) in [4.78, 5) is 4.27. The normalized spacial score (nSPS) is 12.2. The van der Waals surface area contributed by atoms with Gasteiger partial charge in [-0.05, 0) is 42.7 Å². The first-order valence-electron chi connectivity index (χ1n) is 6.31. The summed E-state index contributed by atoms with van der Waals surface area (Å²) in [6.07, 6.45) is 3.61. The summed E-state index contributed by atoms with van der Waals surface area (Å²) in [5.41, 5.74) is 7.03. The van der Waals surface area contributed by atoms with Gasteiger partial charge in [0.15, 0.2) is 0 Å². The van der Waals surface area contributed by atoms with E-state index in [0.29, 0.717) is 10.9 Å². The molecule has 4 heteroatoms. The van der Waals surface area contributed by atoms with E-state index < -0.39 is 0 Å². The summed E-state index contributed by atoms with van der Waals surface area (Å²) in [6.45, 7) is 2.08. The topological polar surface area (TPSA) is 48.1 Å². The molecule has 2 rings (SSSR count). The van der Waals surface area contributed by atoms with Gasteiger partial charge in [0, 0.05) is 23.3 Å². The molecule has 3 nitrogen and oxygen atoms in total. The van der Waals surface area contributed by atoms with E-state index in [0.717, 1.165) is 24.2 Å². The summed E-state index contributed by atoms with van der Waals surface area (Å²) >= 11 is 5.81. The fraction of sp³-hybridized carbons (Fsp3) is 0.267. The maximum atomic E-state index is 5.91. The highest BCUT2D eigenvalue weighted by molar-refractivity contribution is 6.30. The van der Waals surface area contributed by atoms with Crippen molar-refractivity contribution in [3.05, 3.63) is 53.2 Å². The van der Waals surface area contributed by atoms with E-state index in [4.69, 9.17) is 22.1 Å². The Bertz CT molecular complexity index is 511. The largest absolute Gasteiger partial charge is 0.439 e. The van der Waals surface area contributed by atoms with Crippen LogP contribution in [0.4, 0.5) is 0 Å². The van der Waals surface area contributed by atoms with E-state index in [-0.39, 0.29) is 6.04 Å². The van der Waals surface area contributed by atoms with Crippen LogP contribution in [-0.4, -0.2) is 11.0 Å². The van der Waals surface area contributed by atoms with E-state index in [2.05, 4.69) is 11.9 Å². The van der Waals surface area contributed by atoms with E-state index >= 15 is 0 Å². The Labute approximate surface area is 118 Å². The molecule has 0 aliphatic carbocycles. The molecule has 0 aliphatic heterocycles. The Morgan fingerprint density at radius 2 is 1.95 bits per heavy atom. The number of ether oxygens (including phenoxy) is 1. The summed E-state index contributed by atoms with van der Waals surface area (Å²) in [5, 5.41) is 0.684. The minimum absolute atomic E-state index is 0.185. The van der Waals surface area contributed by atoms with Crippen molar-refractivity contribution >= 4 is 11.6 Å². The molecule has 0 radical (unpaired) electrons. The quantitative estimate of drug-likeness (QED) is 0.903. The molecular weight excluding hydrogens is 260 g/mol. The van der Waals surface area contributed by atoms with Crippen LogP contribution in [0.2, 0.25) is 5.02 Å². The smallest absolute Gasteiger partial charge is 0.219 e. The predicted octanol–water partition coefficient (Wildman–Crippen LogP) is 3.81. The first kappa shape index (κ1) is 13.8. The molecule has 1 aromatic heterocycles. The Morgan fingerprint density at radius 1 is 1.21 bits per heavy atom. The number of hydrogen-bond donors (Lipinski definition) is 1. The standard InChI is InChI=1S/C15H17ClN2O/c1-2-13(17)9-11-3-8-15(18-10-11)19-14-6-4-12(16)5-7-14/h3-8,10,13H,2,9,17H2,1H3. The third-order valence-corrected chi connectivity index (χ3v) is 3.11. The third kappa shape index (κ3) is 4.23. The molecule has 19 heavy (non-hydrogen) atoms. The first-order chi connectivity index (χ1) is 9.17. The molecule has 1 heterocycles. The van der Waals surface area contributed by atoms with Crippen molar-refractivity contribution in [2.75, 3.05) is 0 Å². The molecule has 1 unspecified atom stereocenters. The van der Waals surface area contributed by atoms with E-state index in [1.165, 1.54) is 0 Å². The van der Waals surface area contributed by atoms with Crippen molar-refractivity contribution in [1.29, 1.82) is 0 Å². The molecular formula is C15H17ClN2O. The van der Waals surface area contributed by atoms with Gasteiger partial charge in [-0.1, -0.05) is 24.6 Å². The van der Waals surface area contributed by atoms with Gasteiger partial charge in [-0.2, -0.15) is 0 Å². The Morgan fingerprint density at radius 3 is 2.53 bits per heavy atom. The van der Waals surface area contributed by atoms with E-state index in [9.17, 15) is 0 Å². The molecule has 0 amide bonds. The van der Waals surface area contributed by atoms with Crippen LogP contribution in [0.5, 0.6) is 11.6 Å². The van der Waals surface area contributed by atoms with E-state index in [1.807, 2.05) is 24.3 Å². The predicted molar refractivity (Wildman–Crippen MR) is 77.7 cm³/mol. The van der Waals surface area contributed by atoms with Gasteiger partial charge in [0.1, 0.15) is 5.75 Å². The average Bonchev–Trinajstić information content (AvgIpc) is 2.43. The second-order valence-electron chi connectivity index (χ2n) is 4.43. The molecule has 0 fully saturated rings. The van der Waals surface area contributed by atoms with Crippen molar-refractivity contribution in [2.24, 2.45) is 5.73 Å². The van der Waals surface area contributed by atoms with Crippen molar-refractivity contribution in [3.63, 3.8) is 0 Å². The summed E-state index contributed by atoms with van der Waals surface area (Å²) in [6, 6.07) is 11.2. The second-order valence-corrected chi connectivity index (χ2v) is 4.87. The third-order valence-electron chi connectivity index (χ3n) is 2.86. The summed E-state index contributed by atoms with van der Waals surface area (Å²) < 4.78 is 5.62. The number of halogens is 1. The zero-order chi connectivity index (χ0) is 13.7. The van der Waals surface area contributed by atoms with Crippen LogP contribution < -0.4 is 10.5 Å². The number of nitrogens with two attached hydrogens (primary N) is 1. The molecule has 2 aromatic rings. The number of hydrogen-bond acceptors (Lipinski definition) is 3. The lowest BCUT2D eigenvalue weighted by Gasteiger charge is -2.09. The number of nitrogens with zero attached hydrogens (tertiary/aromatic N) is 1. The lowest BCUT2D eigenvalue weighted by atomic mass is 10.1.